The fourth-order valence-electron chi connectivity index (χ4n) is 2.79. The van der Waals surface area contributed by atoms with E-state index in [4.69, 9.17) is 28.5 Å². The molecule has 0 saturated heterocycles. The molecule has 11 heteroatoms. The first-order chi connectivity index (χ1) is 14.0. The number of carbonyl (C=O) groups is 1. The Hall–Kier alpha value is -2.93. The van der Waals surface area contributed by atoms with Gasteiger partial charge in [0.15, 0.2) is 5.69 Å². The molecular formula is C19H15Cl2N5O3S. The van der Waals surface area contributed by atoms with Crippen molar-refractivity contribution >= 4 is 39.1 Å². The largest absolute Gasteiger partial charge is 0.287 e. The van der Waals surface area contributed by atoms with Crippen molar-refractivity contribution in [1.29, 1.82) is 5.26 Å². The SMILES string of the molecule is Cc1cc(S(=O)(=O)NC(=O)c2nnn(-c3ccc(C#N)cc3Cl)c2C)c(C)cc1Cl. The van der Waals surface area contributed by atoms with Crippen LogP contribution in [0, 0.1) is 32.1 Å². The second kappa shape index (κ2) is 8.07. The number of hydrogen-bond acceptors (Lipinski definition) is 6. The number of carbonyl (C=O) groups excluding carboxylic acids is 1. The highest BCUT2D eigenvalue weighted by Crippen LogP contribution is 2.25. The summed E-state index contributed by atoms with van der Waals surface area (Å²) in [5, 5.41) is 17.3. The molecule has 0 aliphatic rings. The van der Waals surface area contributed by atoms with Crippen LogP contribution in [-0.2, 0) is 10.0 Å². The quantitative estimate of drug-likeness (QED) is 0.632. The third-order valence-corrected chi connectivity index (χ3v) is 6.57. The smallest absolute Gasteiger partial charge is 0.266 e. The standard InChI is InChI=1S/C19H15Cl2N5O3S/c1-10-7-17(11(2)6-14(10)20)30(28,29)24-19(27)18-12(3)26(25-23-18)16-5-4-13(9-22)8-15(16)21/h4-8H,1-3H3,(H,24,27). The first kappa shape index (κ1) is 21.8. The molecule has 1 N–H and O–H groups in total. The molecule has 30 heavy (non-hydrogen) atoms. The van der Waals surface area contributed by atoms with Gasteiger partial charge in [-0.1, -0.05) is 28.4 Å². The van der Waals surface area contributed by atoms with Gasteiger partial charge in [0, 0.05) is 5.02 Å². The number of rotatable bonds is 4. The number of aryl methyl sites for hydroxylation is 2. The number of nitrogens with one attached hydrogen (secondary N) is 1. The first-order valence-electron chi connectivity index (χ1n) is 8.51. The van der Waals surface area contributed by atoms with E-state index in [2.05, 4.69) is 10.3 Å². The van der Waals surface area contributed by atoms with Gasteiger partial charge in [0.05, 0.1) is 32.9 Å². The summed E-state index contributed by atoms with van der Waals surface area (Å²) < 4.78 is 28.8. The Kier molecular flexibility index (Phi) is 5.85. The van der Waals surface area contributed by atoms with Crippen molar-refractivity contribution in [2.75, 3.05) is 0 Å². The molecule has 0 aliphatic heterocycles. The highest BCUT2D eigenvalue weighted by atomic mass is 35.5. The van der Waals surface area contributed by atoms with Crippen LogP contribution in [0.3, 0.4) is 0 Å². The Morgan fingerprint density at radius 2 is 1.80 bits per heavy atom. The number of hydrogen-bond donors (Lipinski definition) is 1. The zero-order chi connectivity index (χ0) is 22.2. The summed E-state index contributed by atoms with van der Waals surface area (Å²) in [4.78, 5) is 12.6. The zero-order valence-corrected chi connectivity index (χ0v) is 18.4. The second-order valence-corrected chi connectivity index (χ2v) is 8.98. The fraction of sp³-hybridized carbons (Fsp3) is 0.158. The van der Waals surface area contributed by atoms with Gasteiger partial charge in [-0.25, -0.2) is 17.8 Å². The summed E-state index contributed by atoms with van der Waals surface area (Å²) in [6.45, 7) is 4.80. The van der Waals surface area contributed by atoms with Crippen molar-refractivity contribution in [3.63, 3.8) is 0 Å². The molecule has 0 saturated carbocycles. The van der Waals surface area contributed by atoms with E-state index in [0.717, 1.165) is 0 Å². The average Bonchev–Trinajstić information content (AvgIpc) is 3.05. The number of nitriles is 1. The van der Waals surface area contributed by atoms with Crippen molar-refractivity contribution in [3.8, 4) is 11.8 Å². The predicted molar refractivity (Wildman–Crippen MR) is 111 cm³/mol. The number of benzene rings is 2. The maximum atomic E-state index is 12.7. The van der Waals surface area contributed by atoms with E-state index < -0.39 is 15.9 Å². The molecule has 0 bridgehead atoms. The fourth-order valence-corrected chi connectivity index (χ4v) is 4.53. The van der Waals surface area contributed by atoms with Crippen molar-refractivity contribution in [2.45, 2.75) is 25.7 Å². The molecule has 8 nitrogen and oxygen atoms in total. The van der Waals surface area contributed by atoms with E-state index in [1.165, 1.54) is 28.9 Å². The van der Waals surface area contributed by atoms with Crippen LogP contribution < -0.4 is 4.72 Å². The molecule has 2 aromatic carbocycles. The highest BCUT2D eigenvalue weighted by molar-refractivity contribution is 7.90. The van der Waals surface area contributed by atoms with Gasteiger partial charge in [0.25, 0.3) is 15.9 Å². The van der Waals surface area contributed by atoms with Crippen molar-refractivity contribution in [3.05, 3.63) is 68.5 Å². The van der Waals surface area contributed by atoms with Gasteiger partial charge >= 0.3 is 0 Å². The van der Waals surface area contributed by atoms with Crippen LogP contribution in [-0.4, -0.2) is 29.3 Å². The molecule has 0 aliphatic carbocycles. The highest BCUT2D eigenvalue weighted by Gasteiger charge is 2.26. The second-order valence-electron chi connectivity index (χ2n) is 6.51. The van der Waals surface area contributed by atoms with Gasteiger partial charge in [-0.3, -0.25) is 4.79 Å². The van der Waals surface area contributed by atoms with E-state index in [0.29, 0.717) is 27.4 Å². The summed E-state index contributed by atoms with van der Waals surface area (Å²) in [5.41, 5.74) is 1.81. The van der Waals surface area contributed by atoms with Crippen LogP contribution in [0.15, 0.2) is 35.2 Å². The number of sulfonamides is 1. The number of amides is 1. The van der Waals surface area contributed by atoms with Gasteiger partial charge in [0.1, 0.15) is 0 Å². The van der Waals surface area contributed by atoms with Crippen LogP contribution in [0.4, 0.5) is 0 Å². The molecule has 3 aromatic rings. The molecule has 1 heterocycles. The summed E-state index contributed by atoms with van der Waals surface area (Å²) in [6, 6.07) is 9.43. The van der Waals surface area contributed by atoms with Crippen molar-refractivity contribution < 1.29 is 13.2 Å². The molecule has 0 unspecified atom stereocenters. The average molecular weight is 464 g/mol. The Morgan fingerprint density at radius 1 is 1.10 bits per heavy atom. The zero-order valence-electron chi connectivity index (χ0n) is 16.1. The van der Waals surface area contributed by atoms with E-state index in [1.807, 2.05) is 10.8 Å². The van der Waals surface area contributed by atoms with E-state index in [-0.39, 0.29) is 21.3 Å². The van der Waals surface area contributed by atoms with E-state index in [1.54, 1.807) is 26.8 Å². The molecule has 0 spiro atoms. The van der Waals surface area contributed by atoms with Gasteiger partial charge < -0.3 is 0 Å². The molecule has 0 fully saturated rings. The third-order valence-electron chi connectivity index (χ3n) is 4.39. The van der Waals surface area contributed by atoms with Crippen LogP contribution in [0.5, 0.6) is 0 Å². The monoisotopic (exact) mass is 463 g/mol. The lowest BCUT2D eigenvalue weighted by atomic mass is 10.2. The number of nitrogens with zero attached hydrogens (tertiary/aromatic N) is 4. The molecule has 0 radical (unpaired) electrons. The molecule has 154 valence electrons. The molecular weight excluding hydrogens is 449 g/mol. The summed E-state index contributed by atoms with van der Waals surface area (Å²) in [5.74, 6) is -0.935. The first-order valence-corrected chi connectivity index (χ1v) is 10.7. The minimum atomic E-state index is -4.16. The maximum absolute atomic E-state index is 12.7. The molecule has 1 aromatic heterocycles. The van der Waals surface area contributed by atoms with Crippen molar-refractivity contribution in [2.24, 2.45) is 0 Å². The predicted octanol–water partition coefficient (Wildman–Crippen LogP) is 3.49. The number of aromatic nitrogens is 3. The molecule has 0 atom stereocenters. The summed E-state index contributed by atoms with van der Waals surface area (Å²) in [7, 11) is -4.16. The lowest BCUT2D eigenvalue weighted by molar-refractivity contribution is 0.0976. The number of halogens is 2. The van der Waals surface area contributed by atoms with Gasteiger partial charge in [-0.15, -0.1) is 5.10 Å². The topological polar surface area (TPSA) is 118 Å². The van der Waals surface area contributed by atoms with Crippen LogP contribution >= 0.6 is 23.2 Å². The Bertz CT molecular complexity index is 1330. The van der Waals surface area contributed by atoms with Crippen molar-refractivity contribution in [1.82, 2.24) is 19.7 Å². The third kappa shape index (κ3) is 4.03. The molecule has 3 rings (SSSR count). The lowest BCUT2D eigenvalue weighted by Crippen LogP contribution is -2.32. The van der Waals surface area contributed by atoms with E-state index in [9.17, 15) is 13.2 Å². The van der Waals surface area contributed by atoms with Gasteiger partial charge in [-0.05, 0) is 62.2 Å². The lowest BCUT2D eigenvalue weighted by Gasteiger charge is -2.11. The minimum Gasteiger partial charge on any atom is -0.266 e. The Labute approximate surface area is 183 Å². The summed E-state index contributed by atoms with van der Waals surface area (Å²) >= 11 is 12.2. The van der Waals surface area contributed by atoms with Gasteiger partial charge in [0.2, 0.25) is 0 Å². The van der Waals surface area contributed by atoms with Gasteiger partial charge in [-0.2, -0.15) is 5.26 Å². The van der Waals surface area contributed by atoms with E-state index >= 15 is 0 Å². The van der Waals surface area contributed by atoms with Crippen LogP contribution in [0.25, 0.3) is 5.69 Å². The summed E-state index contributed by atoms with van der Waals surface area (Å²) in [6.07, 6.45) is 0. The normalized spacial score (nSPS) is 11.2. The maximum Gasteiger partial charge on any atom is 0.287 e. The molecule has 1 amide bonds. The minimum absolute atomic E-state index is 0.0575. The van der Waals surface area contributed by atoms with Crippen LogP contribution in [0.2, 0.25) is 10.0 Å². The Morgan fingerprint density at radius 3 is 2.43 bits per heavy atom. The Balaban J connectivity index is 1.94. The van der Waals surface area contributed by atoms with Crippen LogP contribution in [0.1, 0.15) is 32.9 Å².